The Hall–Kier alpha value is -3.33. The minimum atomic E-state index is -1.04. The highest BCUT2D eigenvalue weighted by atomic mass is 35.5. The van der Waals surface area contributed by atoms with Gasteiger partial charge in [0.2, 0.25) is 0 Å². The fourth-order valence-corrected chi connectivity index (χ4v) is 4.63. The lowest BCUT2D eigenvalue weighted by Crippen LogP contribution is -2.41. The Labute approximate surface area is 195 Å². The van der Waals surface area contributed by atoms with E-state index in [1.165, 1.54) is 4.90 Å². The molecule has 0 bridgehead atoms. The number of carboxylic acid groups (broad SMARTS) is 1. The molecule has 1 heterocycles. The number of carbonyl (C=O) groups is 2. The van der Waals surface area contributed by atoms with Crippen LogP contribution in [0, 0.1) is 11.3 Å². The zero-order valence-electron chi connectivity index (χ0n) is 16.8. The molecule has 1 saturated heterocycles. The molecule has 0 aliphatic carbocycles. The topological polar surface area (TPSA) is 81.4 Å². The maximum absolute atomic E-state index is 13.4. The molecular weight excluding hydrogens is 447 g/mol. The summed E-state index contributed by atoms with van der Waals surface area (Å²) in [5.74, 6) is -1.41. The first kappa shape index (κ1) is 21.9. The number of rotatable bonds is 4. The van der Waals surface area contributed by atoms with E-state index in [4.69, 9.17) is 28.5 Å². The third-order valence-electron chi connectivity index (χ3n) is 5.71. The average molecular weight is 465 g/mol. The summed E-state index contributed by atoms with van der Waals surface area (Å²) in [6.07, 6.45) is 0.868. The number of aliphatic carboxylic acids is 1. The average Bonchev–Trinajstić information content (AvgIpc) is 3.24. The summed E-state index contributed by atoms with van der Waals surface area (Å²) in [6, 6.07) is 19.7. The van der Waals surface area contributed by atoms with Gasteiger partial charge in [0.05, 0.1) is 17.7 Å². The normalized spacial score (nSPS) is 17.7. The van der Waals surface area contributed by atoms with Crippen LogP contribution in [-0.4, -0.2) is 27.9 Å². The molecule has 1 N–H and O–H groups in total. The zero-order valence-corrected chi connectivity index (χ0v) is 18.3. The predicted molar refractivity (Wildman–Crippen MR) is 123 cm³/mol. The van der Waals surface area contributed by atoms with E-state index in [1.54, 1.807) is 54.6 Å². The summed E-state index contributed by atoms with van der Waals surface area (Å²) in [7, 11) is 0. The largest absolute Gasteiger partial charge is 0.480 e. The van der Waals surface area contributed by atoms with Gasteiger partial charge >= 0.3 is 5.97 Å². The van der Waals surface area contributed by atoms with Crippen molar-refractivity contribution in [3.05, 3.63) is 93.5 Å². The third kappa shape index (κ3) is 4.08. The number of carbonyl (C=O) groups excluding carboxylic acids is 1. The number of hydrogen-bond acceptors (Lipinski definition) is 3. The standard InChI is InChI=1S/C25H18Cl2N2O3/c26-20-4-2-1-3-18(20)22-11-12-23(25(31)32)29(22)24(30)17-8-6-16(7-9-17)19-13-15(14-28)5-10-21(19)27/h1-10,13,22-23H,11-12H2,(H,31,32)/t22-,23+/m1/s1. The first-order valence-electron chi connectivity index (χ1n) is 10.0. The molecule has 0 aromatic heterocycles. The number of hydrogen-bond donors (Lipinski definition) is 1. The number of nitriles is 1. The third-order valence-corrected chi connectivity index (χ3v) is 6.38. The van der Waals surface area contributed by atoms with Crippen LogP contribution in [0.3, 0.4) is 0 Å². The molecule has 3 aromatic rings. The quantitative estimate of drug-likeness (QED) is 0.515. The van der Waals surface area contributed by atoms with Crippen molar-refractivity contribution in [2.24, 2.45) is 0 Å². The second-order valence-electron chi connectivity index (χ2n) is 7.56. The fourth-order valence-electron chi connectivity index (χ4n) is 4.14. The van der Waals surface area contributed by atoms with Crippen molar-refractivity contribution in [2.45, 2.75) is 24.9 Å². The Morgan fingerprint density at radius 3 is 2.34 bits per heavy atom. The van der Waals surface area contributed by atoms with Gasteiger partial charge in [0, 0.05) is 21.2 Å². The number of carboxylic acids is 1. The summed E-state index contributed by atoms with van der Waals surface area (Å²) < 4.78 is 0. The van der Waals surface area contributed by atoms with Gasteiger partial charge in [-0.1, -0.05) is 53.5 Å². The number of nitrogens with zero attached hydrogens (tertiary/aromatic N) is 2. The Balaban J connectivity index is 1.68. The molecule has 2 atom stereocenters. The molecule has 5 nitrogen and oxygen atoms in total. The van der Waals surface area contributed by atoms with E-state index in [9.17, 15) is 14.7 Å². The summed E-state index contributed by atoms with van der Waals surface area (Å²) in [4.78, 5) is 26.7. The van der Waals surface area contributed by atoms with Crippen molar-refractivity contribution < 1.29 is 14.7 Å². The first-order valence-corrected chi connectivity index (χ1v) is 10.8. The summed E-state index contributed by atoms with van der Waals surface area (Å²) in [5, 5.41) is 19.9. The molecule has 1 fully saturated rings. The van der Waals surface area contributed by atoms with Gasteiger partial charge in [-0.15, -0.1) is 0 Å². The van der Waals surface area contributed by atoms with E-state index < -0.39 is 18.1 Å². The molecule has 0 unspecified atom stereocenters. The zero-order chi connectivity index (χ0) is 22.8. The Morgan fingerprint density at radius 1 is 0.969 bits per heavy atom. The summed E-state index contributed by atoms with van der Waals surface area (Å²) in [6.45, 7) is 0. The number of amides is 1. The van der Waals surface area contributed by atoms with Gasteiger partial charge in [0.1, 0.15) is 6.04 Å². The second kappa shape index (κ2) is 9.04. The van der Waals surface area contributed by atoms with Crippen molar-refractivity contribution in [3.63, 3.8) is 0 Å². The van der Waals surface area contributed by atoms with E-state index in [1.807, 2.05) is 12.1 Å². The van der Waals surface area contributed by atoms with Crippen LogP contribution in [-0.2, 0) is 4.79 Å². The van der Waals surface area contributed by atoms with Gasteiger partial charge in [-0.2, -0.15) is 5.26 Å². The molecule has 0 saturated carbocycles. The maximum Gasteiger partial charge on any atom is 0.326 e. The van der Waals surface area contributed by atoms with Gasteiger partial charge in [-0.05, 0) is 60.4 Å². The van der Waals surface area contributed by atoms with Gasteiger partial charge in [0.15, 0.2) is 0 Å². The van der Waals surface area contributed by atoms with Gasteiger partial charge in [-0.25, -0.2) is 4.79 Å². The van der Waals surface area contributed by atoms with E-state index in [-0.39, 0.29) is 5.91 Å². The van der Waals surface area contributed by atoms with Crippen LogP contribution in [0.5, 0.6) is 0 Å². The van der Waals surface area contributed by atoms with Crippen LogP contribution in [0.1, 0.15) is 40.4 Å². The lowest BCUT2D eigenvalue weighted by molar-refractivity contribution is -0.141. The molecule has 4 rings (SSSR count). The molecule has 160 valence electrons. The number of benzene rings is 3. The van der Waals surface area contributed by atoms with Crippen molar-refractivity contribution in [2.75, 3.05) is 0 Å². The van der Waals surface area contributed by atoms with Crippen LogP contribution in [0.2, 0.25) is 10.0 Å². The molecule has 7 heteroatoms. The van der Waals surface area contributed by atoms with Crippen LogP contribution in [0.25, 0.3) is 11.1 Å². The molecule has 3 aromatic carbocycles. The molecule has 32 heavy (non-hydrogen) atoms. The Bertz CT molecular complexity index is 1230. The van der Waals surface area contributed by atoms with Crippen molar-refractivity contribution in [3.8, 4) is 17.2 Å². The van der Waals surface area contributed by atoms with Crippen molar-refractivity contribution in [1.29, 1.82) is 5.26 Å². The maximum atomic E-state index is 13.4. The first-order chi connectivity index (χ1) is 15.4. The molecular formula is C25H18Cl2N2O3. The van der Waals surface area contributed by atoms with E-state index >= 15 is 0 Å². The van der Waals surface area contributed by atoms with Gasteiger partial charge in [-0.3, -0.25) is 4.79 Å². The smallest absolute Gasteiger partial charge is 0.326 e. The highest BCUT2D eigenvalue weighted by Gasteiger charge is 2.42. The fraction of sp³-hybridized carbons (Fsp3) is 0.160. The van der Waals surface area contributed by atoms with Crippen LogP contribution < -0.4 is 0 Å². The summed E-state index contributed by atoms with van der Waals surface area (Å²) >= 11 is 12.6. The van der Waals surface area contributed by atoms with E-state index in [0.29, 0.717) is 39.6 Å². The highest BCUT2D eigenvalue weighted by molar-refractivity contribution is 6.33. The van der Waals surface area contributed by atoms with Crippen molar-refractivity contribution in [1.82, 2.24) is 4.90 Å². The van der Waals surface area contributed by atoms with Crippen LogP contribution in [0.15, 0.2) is 66.7 Å². The lowest BCUT2D eigenvalue weighted by Gasteiger charge is -2.29. The molecule has 1 aliphatic rings. The Morgan fingerprint density at radius 2 is 1.69 bits per heavy atom. The van der Waals surface area contributed by atoms with Crippen molar-refractivity contribution >= 4 is 35.1 Å². The second-order valence-corrected chi connectivity index (χ2v) is 8.38. The number of halogens is 2. The molecule has 0 radical (unpaired) electrons. The van der Waals surface area contributed by atoms with Gasteiger partial charge < -0.3 is 10.0 Å². The van der Waals surface area contributed by atoms with E-state index in [0.717, 1.165) is 11.1 Å². The molecule has 1 amide bonds. The van der Waals surface area contributed by atoms with Crippen LogP contribution in [0.4, 0.5) is 0 Å². The monoisotopic (exact) mass is 464 g/mol. The molecule has 0 spiro atoms. The van der Waals surface area contributed by atoms with E-state index in [2.05, 4.69) is 6.07 Å². The summed E-state index contributed by atoms with van der Waals surface area (Å²) in [5.41, 5.74) is 3.02. The highest BCUT2D eigenvalue weighted by Crippen LogP contribution is 2.40. The number of likely N-dealkylation sites (tertiary alicyclic amines) is 1. The molecule has 1 aliphatic heterocycles. The predicted octanol–water partition coefficient (Wildman–Crippen LogP) is 5.96. The minimum absolute atomic E-state index is 0.353. The lowest BCUT2D eigenvalue weighted by atomic mass is 10.0. The minimum Gasteiger partial charge on any atom is -0.480 e. The SMILES string of the molecule is N#Cc1ccc(Cl)c(-c2ccc(C(=O)N3[C@@H](c4ccccc4Cl)CC[C@H]3C(=O)O)cc2)c1. The van der Waals surface area contributed by atoms with Gasteiger partial charge in [0.25, 0.3) is 5.91 Å². The Kier molecular flexibility index (Phi) is 6.18. The van der Waals surface area contributed by atoms with Crippen LogP contribution >= 0.6 is 23.2 Å².